The van der Waals surface area contributed by atoms with E-state index < -0.39 is 32.5 Å². The molecule has 0 fully saturated rings. The molecule has 0 bridgehead atoms. The number of thioether (sulfide) groups is 1. The average Bonchev–Trinajstić information content (AvgIpc) is 2.34. The Kier molecular flexibility index (Phi) is 5.09. The molecule has 0 saturated carbocycles. The molecule has 1 aromatic rings. The summed E-state index contributed by atoms with van der Waals surface area (Å²) in [5, 5.41) is 19.6. The molecule has 20 heavy (non-hydrogen) atoms. The molecule has 10 heteroatoms. The lowest BCUT2D eigenvalue weighted by molar-refractivity contribution is -0.388. The smallest absolute Gasteiger partial charge is 0.321 e. The summed E-state index contributed by atoms with van der Waals surface area (Å²) in [5.74, 6) is -1.28. The van der Waals surface area contributed by atoms with E-state index in [1.54, 1.807) is 0 Å². The summed E-state index contributed by atoms with van der Waals surface area (Å²) in [6.07, 6.45) is 0.944. The molecule has 1 rings (SSSR count). The SMILES string of the molecule is CS(=O)(=O)c1ccc(SC[C@H](N)C(=O)O)c([N+](=O)[O-])c1. The minimum Gasteiger partial charge on any atom is -0.480 e. The molecule has 0 amide bonds. The van der Waals surface area contributed by atoms with Gasteiger partial charge in [0.15, 0.2) is 9.84 Å². The lowest BCUT2D eigenvalue weighted by Gasteiger charge is -2.07. The molecule has 0 unspecified atom stereocenters. The van der Waals surface area contributed by atoms with Crippen molar-refractivity contribution >= 4 is 33.3 Å². The number of rotatable bonds is 6. The van der Waals surface area contributed by atoms with Crippen molar-refractivity contribution in [2.24, 2.45) is 5.73 Å². The first-order valence-electron chi connectivity index (χ1n) is 5.22. The molecule has 1 atom stereocenters. The maximum Gasteiger partial charge on any atom is 0.321 e. The third-order valence-electron chi connectivity index (χ3n) is 2.29. The molecule has 0 saturated heterocycles. The topological polar surface area (TPSA) is 141 Å². The monoisotopic (exact) mass is 320 g/mol. The molecule has 0 heterocycles. The van der Waals surface area contributed by atoms with Crippen LogP contribution in [0.1, 0.15) is 0 Å². The fraction of sp³-hybridized carbons (Fsp3) is 0.300. The van der Waals surface area contributed by atoms with Crippen molar-refractivity contribution in [3.8, 4) is 0 Å². The number of sulfone groups is 1. The summed E-state index contributed by atoms with van der Waals surface area (Å²) in [4.78, 5) is 20.8. The number of hydrogen-bond donors (Lipinski definition) is 2. The predicted octanol–water partition coefficient (Wildman–Crippen LogP) is 0.502. The standard InChI is InChI=1S/C10H12N2O6S2/c1-20(17,18)6-2-3-9(8(4-6)12(15)16)19-5-7(11)10(13)14/h2-4,7H,5,11H2,1H3,(H,13,14)/t7-/m0/s1. The molecular formula is C10H12N2O6S2. The van der Waals surface area contributed by atoms with Crippen LogP contribution in [0.25, 0.3) is 0 Å². The zero-order valence-corrected chi connectivity index (χ0v) is 12.0. The van der Waals surface area contributed by atoms with Crippen LogP contribution >= 0.6 is 11.8 Å². The highest BCUT2D eigenvalue weighted by atomic mass is 32.2. The second kappa shape index (κ2) is 6.20. The zero-order chi connectivity index (χ0) is 15.5. The second-order valence-corrected chi connectivity index (χ2v) is 6.99. The van der Waals surface area contributed by atoms with Crippen molar-refractivity contribution in [1.82, 2.24) is 0 Å². The molecule has 1 aromatic carbocycles. The Bertz CT molecular complexity index is 643. The number of nitrogens with zero attached hydrogens (tertiary/aromatic N) is 1. The summed E-state index contributed by atoms with van der Waals surface area (Å²) in [5.41, 5.74) is 4.91. The first-order chi connectivity index (χ1) is 9.12. The Labute approximate surface area is 119 Å². The largest absolute Gasteiger partial charge is 0.480 e. The third kappa shape index (κ3) is 4.18. The normalized spacial score (nSPS) is 12.9. The highest BCUT2D eigenvalue weighted by Gasteiger charge is 2.20. The number of hydrogen-bond acceptors (Lipinski definition) is 7. The Hall–Kier alpha value is -1.65. The van der Waals surface area contributed by atoms with Gasteiger partial charge in [-0.05, 0) is 12.1 Å². The number of aliphatic carboxylic acids is 1. The van der Waals surface area contributed by atoms with Gasteiger partial charge in [0.25, 0.3) is 5.69 Å². The van der Waals surface area contributed by atoms with E-state index in [1.165, 1.54) is 12.1 Å². The summed E-state index contributed by atoms with van der Waals surface area (Å²) in [6, 6.07) is 2.29. The number of nitrogens with two attached hydrogens (primary N) is 1. The van der Waals surface area contributed by atoms with E-state index in [9.17, 15) is 23.3 Å². The van der Waals surface area contributed by atoms with Crippen LogP contribution in [0.5, 0.6) is 0 Å². The van der Waals surface area contributed by atoms with Crippen LogP contribution in [0.2, 0.25) is 0 Å². The van der Waals surface area contributed by atoms with E-state index in [4.69, 9.17) is 10.8 Å². The van der Waals surface area contributed by atoms with E-state index in [0.29, 0.717) is 0 Å². The van der Waals surface area contributed by atoms with E-state index in [-0.39, 0.29) is 15.5 Å². The van der Waals surface area contributed by atoms with E-state index in [2.05, 4.69) is 0 Å². The lowest BCUT2D eigenvalue weighted by Crippen LogP contribution is -2.32. The highest BCUT2D eigenvalue weighted by molar-refractivity contribution is 7.99. The summed E-state index contributed by atoms with van der Waals surface area (Å²) in [7, 11) is -3.55. The zero-order valence-electron chi connectivity index (χ0n) is 10.3. The van der Waals surface area contributed by atoms with Gasteiger partial charge in [-0.3, -0.25) is 14.9 Å². The van der Waals surface area contributed by atoms with E-state index >= 15 is 0 Å². The van der Waals surface area contributed by atoms with Crippen molar-refractivity contribution in [2.45, 2.75) is 15.8 Å². The third-order valence-corrected chi connectivity index (χ3v) is 4.58. The van der Waals surface area contributed by atoms with Crippen LogP contribution in [0.4, 0.5) is 5.69 Å². The van der Waals surface area contributed by atoms with Gasteiger partial charge in [0, 0.05) is 18.1 Å². The summed E-state index contributed by atoms with van der Waals surface area (Å²) in [6.45, 7) is 0. The van der Waals surface area contributed by atoms with Crippen LogP contribution < -0.4 is 5.73 Å². The molecule has 0 radical (unpaired) electrons. The van der Waals surface area contributed by atoms with Gasteiger partial charge in [-0.15, -0.1) is 11.8 Å². The molecule has 110 valence electrons. The maximum absolute atomic E-state index is 11.3. The summed E-state index contributed by atoms with van der Waals surface area (Å²) >= 11 is 0.889. The number of carboxylic acid groups (broad SMARTS) is 1. The molecule has 0 aliphatic carbocycles. The lowest BCUT2D eigenvalue weighted by atomic mass is 10.3. The van der Waals surface area contributed by atoms with Gasteiger partial charge >= 0.3 is 5.97 Å². The number of benzene rings is 1. The highest BCUT2D eigenvalue weighted by Crippen LogP contribution is 2.31. The van der Waals surface area contributed by atoms with E-state index in [1.807, 2.05) is 0 Å². The average molecular weight is 320 g/mol. The van der Waals surface area contributed by atoms with Crippen LogP contribution in [0, 0.1) is 10.1 Å². The van der Waals surface area contributed by atoms with Crippen molar-refractivity contribution in [3.05, 3.63) is 28.3 Å². The second-order valence-electron chi connectivity index (χ2n) is 3.91. The van der Waals surface area contributed by atoms with Gasteiger partial charge in [-0.1, -0.05) is 0 Å². The molecule has 0 aliphatic rings. The van der Waals surface area contributed by atoms with E-state index in [0.717, 1.165) is 24.1 Å². The molecule has 8 nitrogen and oxygen atoms in total. The molecular weight excluding hydrogens is 308 g/mol. The number of carbonyl (C=O) groups is 1. The van der Waals surface area contributed by atoms with Gasteiger partial charge < -0.3 is 10.8 Å². The van der Waals surface area contributed by atoms with Crippen molar-refractivity contribution in [1.29, 1.82) is 0 Å². The predicted molar refractivity (Wildman–Crippen MR) is 72.5 cm³/mol. The number of nitro groups is 1. The van der Waals surface area contributed by atoms with Gasteiger partial charge in [0.1, 0.15) is 6.04 Å². The Balaban J connectivity index is 3.09. The summed E-state index contributed by atoms with van der Waals surface area (Å²) < 4.78 is 22.7. The molecule has 0 aromatic heterocycles. The first-order valence-corrected chi connectivity index (χ1v) is 8.10. The van der Waals surface area contributed by atoms with Crippen LogP contribution in [0.15, 0.2) is 28.0 Å². The van der Waals surface area contributed by atoms with Crippen LogP contribution in [-0.4, -0.2) is 42.5 Å². The van der Waals surface area contributed by atoms with Gasteiger partial charge in [-0.25, -0.2) is 8.42 Å². The molecule has 3 N–H and O–H groups in total. The van der Waals surface area contributed by atoms with Crippen molar-refractivity contribution < 1.29 is 23.2 Å². The Morgan fingerprint density at radius 3 is 2.60 bits per heavy atom. The molecule has 0 aliphatic heterocycles. The Morgan fingerprint density at radius 1 is 1.55 bits per heavy atom. The number of carboxylic acids is 1. The van der Waals surface area contributed by atoms with Crippen LogP contribution in [-0.2, 0) is 14.6 Å². The minimum absolute atomic E-state index is 0.0611. The minimum atomic E-state index is -3.55. The maximum atomic E-state index is 11.3. The molecule has 0 spiro atoms. The fourth-order valence-corrected chi connectivity index (χ4v) is 2.83. The first kappa shape index (κ1) is 16.4. The number of nitro benzene ring substituents is 1. The van der Waals surface area contributed by atoms with Gasteiger partial charge in [-0.2, -0.15) is 0 Å². The van der Waals surface area contributed by atoms with Crippen LogP contribution in [0.3, 0.4) is 0 Å². The quantitative estimate of drug-likeness (QED) is 0.438. The van der Waals surface area contributed by atoms with Crippen molar-refractivity contribution in [2.75, 3.05) is 12.0 Å². The Morgan fingerprint density at radius 2 is 2.15 bits per heavy atom. The van der Waals surface area contributed by atoms with Gasteiger partial charge in [0.05, 0.1) is 14.7 Å². The van der Waals surface area contributed by atoms with Gasteiger partial charge in [0.2, 0.25) is 0 Å². The fourth-order valence-electron chi connectivity index (χ4n) is 1.24. The van der Waals surface area contributed by atoms with Crippen molar-refractivity contribution in [3.63, 3.8) is 0 Å².